The summed E-state index contributed by atoms with van der Waals surface area (Å²) < 4.78 is 32.4. The smallest absolute Gasteiger partial charge is 0.244 e. The van der Waals surface area contributed by atoms with E-state index in [-0.39, 0.29) is 24.8 Å². The van der Waals surface area contributed by atoms with Gasteiger partial charge in [-0.3, -0.25) is 13.9 Å². The molecule has 0 saturated carbocycles. The second-order valence-corrected chi connectivity index (χ2v) is 12.5. The molecule has 1 atom stereocenters. The summed E-state index contributed by atoms with van der Waals surface area (Å²) in [4.78, 5) is 29.3. The van der Waals surface area contributed by atoms with Gasteiger partial charge in [0.15, 0.2) is 0 Å². The fourth-order valence-electron chi connectivity index (χ4n) is 4.47. The zero-order valence-corrected chi connectivity index (χ0v) is 25.4. The summed E-state index contributed by atoms with van der Waals surface area (Å²) >= 11 is 0. The predicted octanol–water partition coefficient (Wildman–Crippen LogP) is 4.57. The first-order valence-electron chi connectivity index (χ1n) is 13.8. The number of nitrogens with one attached hydrogen (secondary N) is 1. The summed E-state index contributed by atoms with van der Waals surface area (Å²) in [5.41, 5.74) is 3.10. The van der Waals surface area contributed by atoms with Crippen molar-refractivity contribution in [1.29, 1.82) is 0 Å². The number of anilines is 1. The number of carbonyl (C=O) groups excluding carboxylic acids is 2. The lowest BCUT2D eigenvalue weighted by Crippen LogP contribution is -2.53. The van der Waals surface area contributed by atoms with Gasteiger partial charge in [0.05, 0.1) is 18.6 Å². The fourth-order valence-corrected chi connectivity index (χ4v) is 5.32. The van der Waals surface area contributed by atoms with Crippen molar-refractivity contribution in [2.24, 2.45) is 5.92 Å². The van der Waals surface area contributed by atoms with E-state index in [1.165, 1.54) is 4.90 Å². The standard InChI is InChI=1S/C32H41N3O5S/c1-6-40-29-17-15-28(16-18-29)35(41(5,38)39)23-31(36)34(22-27-14-10-11-25(4)19-27)30(32(37)33-21-24(2)3)20-26-12-8-7-9-13-26/h7-19,24,30H,6,20-23H2,1-5H3,(H,33,37). The molecule has 0 fully saturated rings. The van der Waals surface area contributed by atoms with Gasteiger partial charge >= 0.3 is 0 Å². The Morgan fingerprint density at radius 3 is 2.17 bits per heavy atom. The Hall–Kier alpha value is -3.85. The third-order valence-corrected chi connectivity index (χ3v) is 7.65. The van der Waals surface area contributed by atoms with Crippen molar-refractivity contribution in [3.63, 3.8) is 0 Å². The normalized spacial score (nSPS) is 12.0. The van der Waals surface area contributed by atoms with E-state index in [0.717, 1.165) is 27.3 Å². The number of sulfonamides is 1. The van der Waals surface area contributed by atoms with Crippen LogP contribution in [0.4, 0.5) is 5.69 Å². The number of amides is 2. The summed E-state index contributed by atoms with van der Waals surface area (Å²) in [6.45, 7) is 8.45. The molecule has 3 rings (SSSR count). The van der Waals surface area contributed by atoms with Crippen LogP contribution in [0.3, 0.4) is 0 Å². The number of aryl methyl sites for hydroxylation is 1. The number of benzene rings is 3. The van der Waals surface area contributed by atoms with Crippen LogP contribution in [0.15, 0.2) is 78.9 Å². The molecule has 8 nitrogen and oxygen atoms in total. The molecular weight excluding hydrogens is 538 g/mol. The van der Waals surface area contributed by atoms with Crippen molar-refractivity contribution in [2.75, 3.05) is 30.3 Å². The van der Waals surface area contributed by atoms with Gasteiger partial charge in [0.25, 0.3) is 0 Å². The Morgan fingerprint density at radius 1 is 0.927 bits per heavy atom. The molecule has 0 aliphatic carbocycles. The Kier molecular flexibility index (Phi) is 11.3. The van der Waals surface area contributed by atoms with Crippen LogP contribution in [-0.2, 0) is 32.6 Å². The van der Waals surface area contributed by atoms with Gasteiger partial charge in [-0.2, -0.15) is 0 Å². The molecule has 0 bridgehead atoms. The quantitative estimate of drug-likeness (QED) is 0.302. The Balaban J connectivity index is 2.02. The molecule has 41 heavy (non-hydrogen) atoms. The van der Waals surface area contributed by atoms with Crippen molar-refractivity contribution in [3.05, 3.63) is 95.6 Å². The van der Waals surface area contributed by atoms with Gasteiger partial charge in [0.1, 0.15) is 18.3 Å². The van der Waals surface area contributed by atoms with E-state index in [4.69, 9.17) is 4.74 Å². The molecule has 2 amide bonds. The molecule has 1 unspecified atom stereocenters. The summed E-state index contributed by atoms with van der Waals surface area (Å²) in [5, 5.41) is 2.99. The highest BCUT2D eigenvalue weighted by Crippen LogP contribution is 2.23. The minimum Gasteiger partial charge on any atom is -0.494 e. The molecule has 0 saturated heterocycles. The summed E-state index contributed by atoms with van der Waals surface area (Å²) in [6.07, 6.45) is 1.35. The van der Waals surface area contributed by atoms with E-state index in [2.05, 4.69) is 5.32 Å². The zero-order valence-electron chi connectivity index (χ0n) is 24.5. The Labute approximate surface area is 244 Å². The highest BCUT2D eigenvalue weighted by atomic mass is 32.2. The van der Waals surface area contributed by atoms with E-state index in [9.17, 15) is 18.0 Å². The molecular formula is C32H41N3O5S. The molecule has 1 N–H and O–H groups in total. The van der Waals surface area contributed by atoms with Crippen LogP contribution in [0.1, 0.15) is 37.5 Å². The monoisotopic (exact) mass is 579 g/mol. The number of hydrogen-bond acceptors (Lipinski definition) is 5. The van der Waals surface area contributed by atoms with E-state index >= 15 is 0 Å². The number of nitrogens with zero attached hydrogens (tertiary/aromatic N) is 2. The van der Waals surface area contributed by atoms with E-state index in [0.29, 0.717) is 24.6 Å². The lowest BCUT2D eigenvalue weighted by Gasteiger charge is -2.33. The number of rotatable bonds is 14. The molecule has 9 heteroatoms. The Bertz CT molecular complexity index is 1390. The molecule has 0 heterocycles. The molecule has 0 aliphatic heterocycles. The van der Waals surface area contributed by atoms with Gasteiger partial charge in [-0.15, -0.1) is 0 Å². The van der Waals surface area contributed by atoms with Crippen molar-refractivity contribution < 1.29 is 22.7 Å². The van der Waals surface area contributed by atoms with Gasteiger partial charge in [-0.1, -0.05) is 74.0 Å². The first-order chi connectivity index (χ1) is 19.5. The lowest BCUT2D eigenvalue weighted by molar-refractivity contribution is -0.140. The number of hydrogen-bond donors (Lipinski definition) is 1. The maximum Gasteiger partial charge on any atom is 0.244 e. The molecule has 0 aliphatic rings. The second-order valence-electron chi connectivity index (χ2n) is 10.6. The van der Waals surface area contributed by atoms with Crippen molar-refractivity contribution in [2.45, 2.75) is 46.7 Å². The first-order valence-corrected chi connectivity index (χ1v) is 15.7. The molecule has 3 aromatic carbocycles. The fraction of sp³-hybridized carbons (Fsp3) is 0.375. The maximum atomic E-state index is 14.1. The van der Waals surface area contributed by atoms with Crippen molar-refractivity contribution in [1.82, 2.24) is 10.2 Å². The minimum atomic E-state index is -3.83. The molecule has 0 aromatic heterocycles. The first kappa shape index (κ1) is 31.7. The zero-order chi connectivity index (χ0) is 30.0. The third kappa shape index (κ3) is 9.63. The highest BCUT2D eigenvalue weighted by molar-refractivity contribution is 7.92. The van der Waals surface area contributed by atoms with E-state index < -0.39 is 28.5 Å². The maximum absolute atomic E-state index is 14.1. The van der Waals surface area contributed by atoms with Crippen LogP contribution in [-0.4, -0.2) is 57.1 Å². The number of carbonyl (C=O) groups is 2. The minimum absolute atomic E-state index is 0.147. The van der Waals surface area contributed by atoms with Crippen LogP contribution in [0.5, 0.6) is 5.75 Å². The van der Waals surface area contributed by atoms with Crippen LogP contribution in [0.25, 0.3) is 0 Å². The molecule has 3 aromatic rings. The summed E-state index contributed by atoms with van der Waals surface area (Å²) in [7, 11) is -3.83. The van der Waals surface area contributed by atoms with Crippen molar-refractivity contribution in [3.8, 4) is 5.75 Å². The van der Waals surface area contributed by atoms with E-state index in [1.54, 1.807) is 24.3 Å². The molecule has 0 spiro atoms. The number of ether oxygens (including phenoxy) is 1. The van der Waals surface area contributed by atoms with Gasteiger partial charge in [0.2, 0.25) is 21.8 Å². The van der Waals surface area contributed by atoms with E-state index in [1.807, 2.05) is 82.3 Å². The summed E-state index contributed by atoms with van der Waals surface area (Å²) in [6, 6.07) is 23.0. The average Bonchev–Trinajstić information content (AvgIpc) is 2.93. The topological polar surface area (TPSA) is 96.0 Å². The highest BCUT2D eigenvalue weighted by Gasteiger charge is 2.33. The average molecular weight is 580 g/mol. The third-order valence-electron chi connectivity index (χ3n) is 6.51. The largest absolute Gasteiger partial charge is 0.494 e. The van der Waals surface area contributed by atoms with Gasteiger partial charge in [-0.25, -0.2) is 8.42 Å². The van der Waals surface area contributed by atoms with Crippen LogP contribution in [0.2, 0.25) is 0 Å². The second kappa shape index (κ2) is 14.7. The van der Waals surface area contributed by atoms with Crippen LogP contribution < -0.4 is 14.4 Å². The molecule has 220 valence electrons. The predicted molar refractivity (Wildman–Crippen MR) is 163 cm³/mol. The lowest BCUT2D eigenvalue weighted by atomic mass is 10.0. The van der Waals surface area contributed by atoms with Gasteiger partial charge in [-0.05, 0) is 55.2 Å². The summed E-state index contributed by atoms with van der Waals surface area (Å²) in [5.74, 6) is 0.0569. The van der Waals surface area contributed by atoms with Crippen LogP contribution in [0, 0.1) is 12.8 Å². The van der Waals surface area contributed by atoms with Crippen molar-refractivity contribution >= 4 is 27.5 Å². The van der Waals surface area contributed by atoms with Gasteiger partial charge < -0.3 is 15.0 Å². The molecule has 0 radical (unpaired) electrons. The Morgan fingerprint density at radius 2 is 1.59 bits per heavy atom. The SMILES string of the molecule is CCOc1ccc(N(CC(=O)N(Cc2cccc(C)c2)C(Cc2ccccc2)C(=O)NCC(C)C)S(C)(=O)=O)cc1. The van der Waals surface area contributed by atoms with Gasteiger partial charge in [0, 0.05) is 19.5 Å². The van der Waals surface area contributed by atoms with Crippen LogP contribution >= 0.6 is 0 Å².